The minimum atomic E-state index is -0.736. The van der Waals surface area contributed by atoms with Crippen LogP contribution in [0.15, 0.2) is 27.6 Å². The Hall–Kier alpha value is -1.21. The Bertz CT molecular complexity index is 1000. The van der Waals surface area contributed by atoms with Crippen molar-refractivity contribution in [3.63, 3.8) is 0 Å². The second-order valence-corrected chi connectivity index (χ2v) is 13.2. The number of nitrogens with zero attached hydrogens (tertiary/aromatic N) is 1. The van der Waals surface area contributed by atoms with Gasteiger partial charge >= 0.3 is 5.63 Å². The SMILES string of the molecule is C[C@]12CC[C@H]([CH]CN3CCOCC3)C[C@@]1(O)CC[C@@H]1[C@@H]2CC[C@]2(C)[C@@H](c3ccc(=O)oc3)CC[C@]12O. The van der Waals surface area contributed by atoms with Gasteiger partial charge in [-0.2, -0.15) is 0 Å². The molecule has 199 valence electrons. The molecular weight excluding hydrogens is 454 g/mol. The lowest BCUT2D eigenvalue weighted by molar-refractivity contribution is -0.248. The molecule has 1 saturated heterocycles. The number of ether oxygens (including phenoxy) is 1. The molecule has 5 fully saturated rings. The number of fused-ring (bicyclic) bond motifs is 5. The van der Waals surface area contributed by atoms with E-state index >= 15 is 0 Å². The summed E-state index contributed by atoms with van der Waals surface area (Å²) in [6.45, 7) is 9.26. The second-order valence-electron chi connectivity index (χ2n) is 13.2. The van der Waals surface area contributed by atoms with Gasteiger partial charge in [0.25, 0.3) is 0 Å². The van der Waals surface area contributed by atoms with E-state index in [-0.39, 0.29) is 28.3 Å². The van der Waals surface area contributed by atoms with E-state index in [0.29, 0.717) is 11.8 Å². The maximum atomic E-state index is 12.4. The second kappa shape index (κ2) is 8.93. The maximum absolute atomic E-state index is 12.4. The molecule has 8 atom stereocenters. The standard InChI is InChI=1S/C30H44NO5/c1-27-10-5-21(9-14-31-15-17-35-18-16-31)19-29(27,33)12-7-25-24(27)6-11-28(2)23(8-13-30(25,28)34)22-3-4-26(32)36-20-22/h3-4,9,20-21,23-25,33-34H,5-8,10-19H2,1-2H3/t21-,23-,24+,25-,27-,28-,29+,30+/m1/s1. The highest BCUT2D eigenvalue weighted by Crippen LogP contribution is 2.71. The van der Waals surface area contributed by atoms with Crippen LogP contribution in [-0.4, -0.2) is 59.2 Å². The Kier molecular flexibility index (Phi) is 6.22. The highest BCUT2D eigenvalue weighted by molar-refractivity contribution is 5.27. The zero-order valence-electron chi connectivity index (χ0n) is 22.1. The summed E-state index contributed by atoms with van der Waals surface area (Å²) in [6, 6.07) is 3.41. The molecule has 0 amide bonds. The summed E-state index contributed by atoms with van der Waals surface area (Å²) in [7, 11) is 0. The van der Waals surface area contributed by atoms with E-state index in [9.17, 15) is 15.0 Å². The van der Waals surface area contributed by atoms with Gasteiger partial charge in [0.1, 0.15) is 0 Å². The van der Waals surface area contributed by atoms with Gasteiger partial charge in [0.05, 0.1) is 30.7 Å². The molecule has 0 aromatic carbocycles. The Labute approximate surface area is 215 Å². The quantitative estimate of drug-likeness (QED) is 0.649. The number of aliphatic hydroxyl groups is 2. The summed E-state index contributed by atoms with van der Waals surface area (Å²) in [5.41, 5.74) is -1.04. The summed E-state index contributed by atoms with van der Waals surface area (Å²) >= 11 is 0. The summed E-state index contributed by atoms with van der Waals surface area (Å²) in [5, 5.41) is 24.6. The maximum Gasteiger partial charge on any atom is 0.335 e. The fourth-order valence-electron chi connectivity index (χ4n) is 9.65. The molecule has 1 aliphatic heterocycles. The smallest absolute Gasteiger partial charge is 0.335 e. The fraction of sp³-hybridized carbons (Fsp3) is 0.800. The van der Waals surface area contributed by atoms with Crippen molar-refractivity contribution in [2.24, 2.45) is 28.6 Å². The number of hydrogen-bond acceptors (Lipinski definition) is 6. The van der Waals surface area contributed by atoms with Crippen LogP contribution in [0.2, 0.25) is 0 Å². The average molecular weight is 499 g/mol. The minimum absolute atomic E-state index is 0.145. The van der Waals surface area contributed by atoms with Gasteiger partial charge in [-0.25, -0.2) is 4.79 Å². The summed E-state index contributed by atoms with van der Waals surface area (Å²) in [5.74, 6) is 1.23. The first-order valence-electron chi connectivity index (χ1n) is 14.4. The van der Waals surface area contributed by atoms with E-state index in [1.807, 2.05) is 6.07 Å². The van der Waals surface area contributed by atoms with Crippen molar-refractivity contribution in [1.82, 2.24) is 4.90 Å². The molecule has 36 heavy (non-hydrogen) atoms. The van der Waals surface area contributed by atoms with Crippen molar-refractivity contribution < 1.29 is 19.4 Å². The van der Waals surface area contributed by atoms with Crippen molar-refractivity contribution in [2.75, 3.05) is 32.8 Å². The first-order valence-corrected chi connectivity index (χ1v) is 14.4. The third kappa shape index (κ3) is 3.69. The number of morpholine rings is 1. The average Bonchev–Trinajstić information content (AvgIpc) is 3.15. The minimum Gasteiger partial charge on any atom is -0.431 e. The van der Waals surface area contributed by atoms with E-state index in [1.54, 1.807) is 6.26 Å². The highest BCUT2D eigenvalue weighted by Gasteiger charge is 2.69. The van der Waals surface area contributed by atoms with E-state index in [0.717, 1.165) is 96.2 Å². The van der Waals surface area contributed by atoms with Gasteiger partial charge in [-0.05, 0) is 105 Å². The Morgan fingerprint density at radius 1 is 0.972 bits per heavy atom. The van der Waals surface area contributed by atoms with Crippen LogP contribution in [0.4, 0.5) is 0 Å². The van der Waals surface area contributed by atoms with Gasteiger partial charge in [0.15, 0.2) is 0 Å². The van der Waals surface area contributed by atoms with Crippen LogP contribution < -0.4 is 5.63 Å². The summed E-state index contributed by atoms with van der Waals surface area (Å²) in [4.78, 5) is 14.0. The van der Waals surface area contributed by atoms with E-state index in [1.165, 1.54) is 6.07 Å². The monoisotopic (exact) mass is 498 g/mol. The van der Waals surface area contributed by atoms with Crippen molar-refractivity contribution >= 4 is 0 Å². The molecule has 2 heterocycles. The van der Waals surface area contributed by atoms with Crippen molar-refractivity contribution in [2.45, 2.75) is 88.8 Å². The van der Waals surface area contributed by atoms with E-state index in [2.05, 4.69) is 25.2 Å². The third-order valence-corrected chi connectivity index (χ3v) is 12.0. The molecule has 6 nitrogen and oxygen atoms in total. The van der Waals surface area contributed by atoms with Crippen LogP contribution in [0.5, 0.6) is 0 Å². The lowest BCUT2D eigenvalue weighted by Gasteiger charge is -2.66. The van der Waals surface area contributed by atoms with E-state index < -0.39 is 11.2 Å². The van der Waals surface area contributed by atoms with Crippen LogP contribution >= 0.6 is 0 Å². The zero-order valence-corrected chi connectivity index (χ0v) is 22.1. The molecule has 1 aromatic rings. The zero-order chi connectivity index (χ0) is 25.2. The Balaban J connectivity index is 1.19. The largest absolute Gasteiger partial charge is 0.431 e. The number of rotatable bonds is 4. The Morgan fingerprint density at radius 3 is 2.47 bits per heavy atom. The molecular formula is C30H44NO5. The summed E-state index contributed by atoms with van der Waals surface area (Å²) in [6.07, 6.45) is 12.5. The van der Waals surface area contributed by atoms with Gasteiger partial charge in [-0.3, -0.25) is 4.90 Å². The fourth-order valence-corrected chi connectivity index (χ4v) is 9.65. The molecule has 4 saturated carbocycles. The Morgan fingerprint density at radius 2 is 1.72 bits per heavy atom. The van der Waals surface area contributed by atoms with Crippen LogP contribution in [0.1, 0.15) is 83.1 Å². The molecule has 6 heteroatoms. The summed E-state index contributed by atoms with van der Waals surface area (Å²) < 4.78 is 10.7. The molecule has 1 radical (unpaired) electrons. The predicted molar refractivity (Wildman–Crippen MR) is 137 cm³/mol. The van der Waals surface area contributed by atoms with Crippen LogP contribution in [0.3, 0.4) is 0 Å². The third-order valence-electron chi connectivity index (χ3n) is 12.0. The van der Waals surface area contributed by atoms with Crippen molar-refractivity contribution in [3.05, 3.63) is 40.8 Å². The normalized spacial score (nSPS) is 47.1. The lowest BCUT2D eigenvalue weighted by Crippen LogP contribution is -2.66. The topological polar surface area (TPSA) is 83.1 Å². The van der Waals surface area contributed by atoms with Gasteiger partial charge < -0.3 is 19.4 Å². The van der Waals surface area contributed by atoms with Crippen molar-refractivity contribution in [3.8, 4) is 0 Å². The van der Waals surface area contributed by atoms with E-state index in [4.69, 9.17) is 9.15 Å². The molecule has 0 bridgehead atoms. The van der Waals surface area contributed by atoms with Gasteiger partial charge in [-0.15, -0.1) is 0 Å². The van der Waals surface area contributed by atoms with Gasteiger partial charge in [-0.1, -0.05) is 13.8 Å². The molecule has 5 aliphatic rings. The van der Waals surface area contributed by atoms with Gasteiger partial charge in [0.2, 0.25) is 0 Å². The molecule has 0 unspecified atom stereocenters. The first kappa shape index (κ1) is 25.1. The molecule has 6 rings (SSSR count). The van der Waals surface area contributed by atoms with Crippen LogP contribution in [-0.2, 0) is 4.74 Å². The molecule has 1 aromatic heterocycles. The van der Waals surface area contributed by atoms with Gasteiger partial charge in [0, 0.05) is 31.1 Å². The van der Waals surface area contributed by atoms with Crippen LogP contribution in [0, 0.1) is 35.0 Å². The van der Waals surface area contributed by atoms with Crippen molar-refractivity contribution in [1.29, 1.82) is 0 Å². The molecule has 0 spiro atoms. The number of hydrogen-bond donors (Lipinski definition) is 2. The highest BCUT2D eigenvalue weighted by atomic mass is 16.5. The molecule has 2 N–H and O–H groups in total. The molecule has 4 aliphatic carbocycles. The predicted octanol–water partition coefficient (Wildman–Crippen LogP) is 4.15. The van der Waals surface area contributed by atoms with Crippen LogP contribution in [0.25, 0.3) is 0 Å². The first-order chi connectivity index (χ1) is 17.2. The lowest BCUT2D eigenvalue weighted by atomic mass is 9.41.